The van der Waals surface area contributed by atoms with Crippen LogP contribution in [0, 0.1) is 0 Å². The molecule has 0 aliphatic heterocycles. The van der Waals surface area contributed by atoms with Gasteiger partial charge < -0.3 is 20.3 Å². The highest BCUT2D eigenvalue weighted by molar-refractivity contribution is 5.86. The number of nitrogens with one attached hydrogen (secondary N) is 2. The number of benzene rings is 2. The monoisotopic (exact) mass is 436 g/mol. The second-order valence-electron chi connectivity index (χ2n) is 7.03. The first-order chi connectivity index (χ1) is 14.7. The molecule has 2 rings (SSSR count). The Morgan fingerprint density at radius 2 is 1.77 bits per heavy atom. The van der Waals surface area contributed by atoms with Crippen molar-refractivity contribution in [2.24, 2.45) is 4.99 Å². The van der Waals surface area contributed by atoms with E-state index in [0.29, 0.717) is 24.5 Å². The van der Waals surface area contributed by atoms with E-state index in [-0.39, 0.29) is 19.0 Å². The summed E-state index contributed by atoms with van der Waals surface area (Å²) in [5, 5.41) is 6.05. The first-order valence-corrected chi connectivity index (χ1v) is 9.70. The van der Waals surface area contributed by atoms with Crippen molar-refractivity contribution in [2.45, 2.75) is 19.1 Å². The van der Waals surface area contributed by atoms with Crippen molar-refractivity contribution < 1.29 is 22.7 Å². The molecule has 0 aromatic heterocycles. The SMILES string of the molecule is COc1ccc(CCNC(=NCc2cccc(C(F)(F)F)c2)NCC(=O)N(C)C)cc1. The van der Waals surface area contributed by atoms with Crippen LogP contribution in [0.15, 0.2) is 53.5 Å². The molecule has 31 heavy (non-hydrogen) atoms. The normalized spacial score (nSPS) is 11.7. The summed E-state index contributed by atoms with van der Waals surface area (Å²) in [5.74, 6) is 0.966. The quantitative estimate of drug-likeness (QED) is 0.493. The number of amides is 1. The molecule has 2 aromatic carbocycles. The number of ether oxygens (including phenoxy) is 1. The number of hydrogen-bond acceptors (Lipinski definition) is 3. The maximum Gasteiger partial charge on any atom is 0.416 e. The van der Waals surface area contributed by atoms with E-state index in [9.17, 15) is 18.0 Å². The lowest BCUT2D eigenvalue weighted by Crippen LogP contribution is -2.43. The molecule has 168 valence electrons. The second-order valence-corrected chi connectivity index (χ2v) is 7.03. The number of halogens is 3. The van der Waals surface area contributed by atoms with Crippen LogP contribution in [0.5, 0.6) is 5.75 Å². The van der Waals surface area contributed by atoms with Gasteiger partial charge in [0, 0.05) is 20.6 Å². The summed E-state index contributed by atoms with van der Waals surface area (Å²) in [5.41, 5.74) is 0.782. The molecule has 0 bridgehead atoms. The van der Waals surface area contributed by atoms with Crippen molar-refractivity contribution in [1.82, 2.24) is 15.5 Å². The van der Waals surface area contributed by atoms with Crippen LogP contribution in [0.25, 0.3) is 0 Å². The van der Waals surface area contributed by atoms with Gasteiger partial charge in [-0.05, 0) is 41.8 Å². The number of hydrogen-bond donors (Lipinski definition) is 2. The molecule has 0 unspecified atom stereocenters. The number of carbonyl (C=O) groups excluding carboxylic acids is 1. The van der Waals surface area contributed by atoms with Gasteiger partial charge in [-0.1, -0.05) is 24.3 Å². The molecule has 0 radical (unpaired) electrons. The number of likely N-dealkylation sites (N-methyl/N-ethyl adjacent to an activating group) is 1. The Hall–Kier alpha value is -3.23. The lowest BCUT2D eigenvalue weighted by atomic mass is 10.1. The minimum atomic E-state index is -4.41. The smallest absolute Gasteiger partial charge is 0.416 e. The zero-order chi connectivity index (χ0) is 22.9. The lowest BCUT2D eigenvalue weighted by molar-refractivity contribution is -0.137. The average Bonchev–Trinajstić information content (AvgIpc) is 2.75. The zero-order valence-electron chi connectivity index (χ0n) is 17.8. The average molecular weight is 436 g/mol. The number of aliphatic imine (C=N–C) groups is 1. The Morgan fingerprint density at radius 3 is 2.39 bits per heavy atom. The van der Waals surface area contributed by atoms with E-state index in [1.807, 2.05) is 24.3 Å². The molecule has 9 heteroatoms. The van der Waals surface area contributed by atoms with E-state index >= 15 is 0 Å². The predicted molar refractivity (Wildman–Crippen MR) is 114 cm³/mol. The molecule has 2 N–H and O–H groups in total. The van der Waals surface area contributed by atoms with Crippen molar-refractivity contribution in [3.8, 4) is 5.75 Å². The van der Waals surface area contributed by atoms with Gasteiger partial charge in [0.05, 0.1) is 25.8 Å². The number of rotatable bonds is 8. The molecule has 0 aliphatic carbocycles. The Balaban J connectivity index is 2.03. The van der Waals surface area contributed by atoms with Gasteiger partial charge in [-0.2, -0.15) is 13.2 Å². The summed E-state index contributed by atoms with van der Waals surface area (Å²) in [6, 6.07) is 12.7. The highest BCUT2D eigenvalue weighted by atomic mass is 19.4. The Labute approximate surface area is 180 Å². The van der Waals surface area contributed by atoms with Gasteiger partial charge in [-0.15, -0.1) is 0 Å². The standard InChI is InChI=1S/C22H27F3N4O2/c1-29(2)20(30)15-28-21(26-12-11-16-7-9-19(31-3)10-8-16)27-14-17-5-4-6-18(13-17)22(23,24)25/h4-10,13H,11-12,14-15H2,1-3H3,(H2,26,27,28). The van der Waals surface area contributed by atoms with Crippen LogP contribution in [0.1, 0.15) is 16.7 Å². The van der Waals surface area contributed by atoms with Crippen LogP contribution < -0.4 is 15.4 Å². The van der Waals surface area contributed by atoms with Crippen molar-refractivity contribution in [1.29, 1.82) is 0 Å². The summed E-state index contributed by atoms with van der Waals surface area (Å²) in [6.07, 6.45) is -3.72. The third-order valence-electron chi connectivity index (χ3n) is 4.45. The van der Waals surface area contributed by atoms with Crippen molar-refractivity contribution >= 4 is 11.9 Å². The highest BCUT2D eigenvalue weighted by Gasteiger charge is 2.30. The number of alkyl halides is 3. The number of carbonyl (C=O) groups is 1. The zero-order valence-corrected chi connectivity index (χ0v) is 17.8. The van der Waals surface area contributed by atoms with E-state index in [1.54, 1.807) is 27.3 Å². The Bertz CT molecular complexity index is 881. The van der Waals surface area contributed by atoms with Crippen LogP contribution in [-0.4, -0.2) is 51.1 Å². The molecule has 1 amide bonds. The van der Waals surface area contributed by atoms with E-state index in [2.05, 4.69) is 15.6 Å². The Morgan fingerprint density at radius 1 is 1.06 bits per heavy atom. The van der Waals surface area contributed by atoms with Gasteiger partial charge >= 0.3 is 6.18 Å². The van der Waals surface area contributed by atoms with Gasteiger partial charge in [0.15, 0.2) is 5.96 Å². The van der Waals surface area contributed by atoms with Crippen LogP contribution in [-0.2, 0) is 23.9 Å². The maximum atomic E-state index is 12.9. The molecule has 0 heterocycles. The fraction of sp³-hybridized carbons (Fsp3) is 0.364. The topological polar surface area (TPSA) is 66.0 Å². The van der Waals surface area contributed by atoms with E-state index in [4.69, 9.17) is 4.74 Å². The molecular formula is C22H27F3N4O2. The molecule has 0 saturated carbocycles. The molecule has 0 atom stereocenters. The number of guanidine groups is 1. The maximum absolute atomic E-state index is 12.9. The van der Waals surface area contributed by atoms with Crippen LogP contribution in [0.2, 0.25) is 0 Å². The second kappa shape index (κ2) is 11.2. The van der Waals surface area contributed by atoms with Crippen molar-refractivity contribution in [3.63, 3.8) is 0 Å². The summed E-state index contributed by atoms with van der Waals surface area (Å²) in [4.78, 5) is 17.7. The van der Waals surface area contributed by atoms with Crippen LogP contribution in [0.4, 0.5) is 13.2 Å². The third kappa shape index (κ3) is 8.19. The molecule has 6 nitrogen and oxygen atoms in total. The number of methoxy groups -OCH3 is 1. The first-order valence-electron chi connectivity index (χ1n) is 9.70. The molecule has 0 spiro atoms. The molecule has 2 aromatic rings. The van der Waals surface area contributed by atoms with Crippen molar-refractivity contribution in [2.75, 3.05) is 34.3 Å². The van der Waals surface area contributed by atoms with Gasteiger partial charge in [-0.3, -0.25) is 4.79 Å². The van der Waals surface area contributed by atoms with Crippen molar-refractivity contribution in [3.05, 3.63) is 65.2 Å². The highest BCUT2D eigenvalue weighted by Crippen LogP contribution is 2.29. The summed E-state index contributed by atoms with van der Waals surface area (Å²) < 4.78 is 43.9. The summed E-state index contributed by atoms with van der Waals surface area (Å²) in [7, 11) is 4.88. The summed E-state index contributed by atoms with van der Waals surface area (Å²) >= 11 is 0. The molecular weight excluding hydrogens is 409 g/mol. The fourth-order valence-corrected chi connectivity index (χ4v) is 2.63. The van der Waals surface area contributed by atoms with E-state index in [1.165, 1.54) is 11.0 Å². The van der Waals surface area contributed by atoms with Crippen LogP contribution in [0.3, 0.4) is 0 Å². The van der Waals surface area contributed by atoms with Gasteiger partial charge in [0.25, 0.3) is 0 Å². The van der Waals surface area contributed by atoms with Gasteiger partial charge in [0.2, 0.25) is 5.91 Å². The first kappa shape index (κ1) is 24.0. The van der Waals surface area contributed by atoms with Gasteiger partial charge in [-0.25, -0.2) is 4.99 Å². The van der Waals surface area contributed by atoms with Gasteiger partial charge in [0.1, 0.15) is 5.75 Å². The summed E-state index contributed by atoms with van der Waals surface area (Å²) in [6.45, 7) is 0.582. The molecule has 0 saturated heterocycles. The fourth-order valence-electron chi connectivity index (χ4n) is 2.63. The van der Waals surface area contributed by atoms with Crippen LogP contribution >= 0.6 is 0 Å². The van der Waals surface area contributed by atoms with E-state index in [0.717, 1.165) is 23.4 Å². The predicted octanol–water partition coefficient (Wildman–Crippen LogP) is 3.08. The molecule has 0 fully saturated rings. The lowest BCUT2D eigenvalue weighted by Gasteiger charge is -2.15. The molecule has 0 aliphatic rings. The largest absolute Gasteiger partial charge is 0.497 e. The Kier molecular flexibility index (Phi) is 8.72. The number of nitrogens with zero attached hydrogens (tertiary/aromatic N) is 2. The third-order valence-corrected chi connectivity index (χ3v) is 4.45. The minimum absolute atomic E-state index is 0.0178. The minimum Gasteiger partial charge on any atom is -0.497 e. The van der Waals surface area contributed by atoms with E-state index < -0.39 is 11.7 Å².